The SMILES string of the molecule is [CH]1CCCCC12CCN2. The van der Waals surface area contributed by atoms with Gasteiger partial charge in [-0.25, -0.2) is 0 Å². The van der Waals surface area contributed by atoms with E-state index in [4.69, 9.17) is 0 Å². The van der Waals surface area contributed by atoms with Crippen LogP contribution in [0.2, 0.25) is 0 Å². The van der Waals surface area contributed by atoms with Crippen molar-refractivity contribution >= 4 is 0 Å². The van der Waals surface area contributed by atoms with Crippen molar-refractivity contribution in [2.75, 3.05) is 6.54 Å². The highest BCUT2D eigenvalue weighted by Gasteiger charge is 2.36. The van der Waals surface area contributed by atoms with Gasteiger partial charge in [0.15, 0.2) is 0 Å². The van der Waals surface area contributed by atoms with Gasteiger partial charge in [0.2, 0.25) is 0 Å². The van der Waals surface area contributed by atoms with E-state index in [0.717, 1.165) is 0 Å². The summed E-state index contributed by atoms with van der Waals surface area (Å²) in [6.07, 6.45) is 9.47. The Kier molecular flexibility index (Phi) is 1.26. The van der Waals surface area contributed by atoms with E-state index < -0.39 is 0 Å². The van der Waals surface area contributed by atoms with E-state index in [2.05, 4.69) is 11.7 Å². The number of hydrogen-bond donors (Lipinski definition) is 1. The first-order valence-corrected chi connectivity index (χ1v) is 4.01. The van der Waals surface area contributed by atoms with Crippen LogP contribution in [0.25, 0.3) is 0 Å². The maximum absolute atomic E-state index is 3.51. The first kappa shape index (κ1) is 5.72. The lowest BCUT2D eigenvalue weighted by Gasteiger charge is -2.45. The van der Waals surface area contributed by atoms with E-state index in [9.17, 15) is 0 Å². The van der Waals surface area contributed by atoms with Crippen molar-refractivity contribution < 1.29 is 0 Å². The number of rotatable bonds is 0. The van der Waals surface area contributed by atoms with Crippen LogP contribution in [0.15, 0.2) is 0 Å². The van der Waals surface area contributed by atoms with E-state index in [1.54, 1.807) is 0 Å². The highest BCUT2D eigenvalue weighted by atomic mass is 15.0. The zero-order valence-electron chi connectivity index (χ0n) is 5.82. The van der Waals surface area contributed by atoms with Gasteiger partial charge in [0.05, 0.1) is 0 Å². The first-order chi connectivity index (χ1) is 4.41. The van der Waals surface area contributed by atoms with Crippen molar-refractivity contribution in [3.05, 3.63) is 6.42 Å². The van der Waals surface area contributed by atoms with Gasteiger partial charge in [-0.1, -0.05) is 12.8 Å². The molecule has 1 saturated carbocycles. The molecule has 0 amide bonds. The molecule has 1 heteroatoms. The smallest absolute Gasteiger partial charge is 0.0225 e. The maximum Gasteiger partial charge on any atom is 0.0225 e. The average molecular weight is 124 g/mol. The Morgan fingerprint density at radius 3 is 2.44 bits per heavy atom. The van der Waals surface area contributed by atoms with Crippen LogP contribution in [-0.4, -0.2) is 12.1 Å². The minimum atomic E-state index is 0.526. The molecule has 2 aliphatic rings. The largest absolute Gasteiger partial charge is 0.311 e. The molecular formula is C8H14N. The third kappa shape index (κ3) is 0.877. The third-order valence-electron chi connectivity index (χ3n) is 2.66. The van der Waals surface area contributed by atoms with Gasteiger partial charge in [0, 0.05) is 5.54 Å². The fourth-order valence-electron chi connectivity index (χ4n) is 1.90. The summed E-state index contributed by atoms with van der Waals surface area (Å²) >= 11 is 0. The highest BCUT2D eigenvalue weighted by Crippen LogP contribution is 2.34. The van der Waals surface area contributed by atoms with Gasteiger partial charge in [0.1, 0.15) is 0 Å². The number of nitrogens with one attached hydrogen (secondary N) is 1. The van der Waals surface area contributed by atoms with Crippen molar-refractivity contribution in [1.29, 1.82) is 0 Å². The minimum Gasteiger partial charge on any atom is -0.311 e. The molecule has 1 spiro atoms. The summed E-state index contributed by atoms with van der Waals surface area (Å²) in [5.74, 6) is 0. The Balaban J connectivity index is 1.93. The Hall–Kier alpha value is -0.0400. The lowest BCUT2D eigenvalue weighted by molar-refractivity contribution is 0.200. The molecular weight excluding hydrogens is 110 g/mol. The molecule has 1 N–H and O–H groups in total. The second-order valence-electron chi connectivity index (χ2n) is 3.28. The lowest BCUT2D eigenvalue weighted by atomic mass is 9.75. The van der Waals surface area contributed by atoms with Crippen LogP contribution in [0.5, 0.6) is 0 Å². The van der Waals surface area contributed by atoms with Crippen LogP contribution in [0.4, 0.5) is 0 Å². The first-order valence-electron chi connectivity index (χ1n) is 4.01. The molecule has 9 heavy (non-hydrogen) atoms. The topological polar surface area (TPSA) is 12.0 Å². The molecule has 1 heterocycles. The molecule has 1 atom stereocenters. The van der Waals surface area contributed by atoms with Crippen LogP contribution < -0.4 is 5.32 Å². The summed E-state index contributed by atoms with van der Waals surface area (Å²) in [6, 6.07) is 0. The van der Waals surface area contributed by atoms with Gasteiger partial charge in [-0.05, 0) is 32.2 Å². The maximum atomic E-state index is 3.51. The Morgan fingerprint density at radius 1 is 1.22 bits per heavy atom. The summed E-state index contributed by atoms with van der Waals surface area (Å²) in [5, 5.41) is 3.51. The van der Waals surface area contributed by atoms with Crippen molar-refractivity contribution in [3.63, 3.8) is 0 Å². The quantitative estimate of drug-likeness (QED) is 0.516. The molecule has 1 aliphatic carbocycles. The van der Waals surface area contributed by atoms with Crippen LogP contribution in [0.1, 0.15) is 32.1 Å². The Labute approximate surface area is 56.8 Å². The van der Waals surface area contributed by atoms with E-state index in [-0.39, 0.29) is 0 Å². The summed E-state index contributed by atoms with van der Waals surface area (Å²) < 4.78 is 0. The normalized spacial score (nSPS) is 32.0. The van der Waals surface area contributed by atoms with Crippen molar-refractivity contribution in [2.45, 2.75) is 37.6 Å². The second-order valence-corrected chi connectivity index (χ2v) is 3.28. The molecule has 1 nitrogen and oxygen atoms in total. The summed E-state index contributed by atoms with van der Waals surface area (Å²) in [4.78, 5) is 0. The van der Waals surface area contributed by atoms with E-state index in [1.807, 2.05) is 0 Å². The van der Waals surface area contributed by atoms with Crippen LogP contribution in [0.3, 0.4) is 0 Å². The average Bonchev–Trinajstić information content (AvgIpc) is 1.87. The fraction of sp³-hybridized carbons (Fsp3) is 0.875. The predicted molar refractivity (Wildman–Crippen MR) is 38.1 cm³/mol. The van der Waals surface area contributed by atoms with Gasteiger partial charge in [-0.3, -0.25) is 0 Å². The van der Waals surface area contributed by atoms with Crippen LogP contribution in [-0.2, 0) is 0 Å². The van der Waals surface area contributed by atoms with E-state index in [1.165, 1.54) is 38.6 Å². The second kappa shape index (κ2) is 1.98. The van der Waals surface area contributed by atoms with E-state index >= 15 is 0 Å². The standard InChI is InChI=1S/C8H14N/c1-2-4-8(5-3-1)6-7-9-8/h4,9H,1-3,5-7H2. The lowest BCUT2D eigenvalue weighted by Crippen LogP contribution is -2.58. The molecule has 1 aliphatic heterocycles. The van der Waals surface area contributed by atoms with Crippen LogP contribution in [0, 0.1) is 6.42 Å². The van der Waals surface area contributed by atoms with Crippen molar-refractivity contribution in [1.82, 2.24) is 5.32 Å². The summed E-state index contributed by atoms with van der Waals surface area (Å²) in [7, 11) is 0. The van der Waals surface area contributed by atoms with Gasteiger partial charge in [0.25, 0.3) is 0 Å². The Bertz CT molecular complexity index is 97.1. The highest BCUT2D eigenvalue weighted by molar-refractivity contribution is 5.08. The molecule has 1 unspecified atom stereocenters. The Morgan fingerprint density at radius 2 is 2.11 bits per heavy atom. The van der Waals surface area contributed by atoms with Gasteiger partial charge in [-0.15, -0.1) is 0 Å². The predicted octanol–water partition coefficient (Wildman–Crippen LogP) is 1.50. The number of hydrogen-bond acceptors (Lipinski definition) is 1. The van der Waals surface area contributed by atoms with Gasteiger partial charge >= 0.3 is 0 Å². The summed E-state index contributed by atoms with van der Waals surface area (Å²) in [6.45, 7) is 1.25. The molecule has 0 aromatic heterocycles. The molecule has 1 saturated heterocycles. The third-order valence-corrected chi connectivity index (χ3v) is 2.66. The zero-order valence-corrected chi connectivity index (χ0v) is 5.82. The zero-order chi connectivity index (χ0) is 6.16. The van der Waals surface area contributed by atoms with Gasteiger partial charge < -0.3 is 5.32 Å². The molecule has 0 aromatic carbocycles. The molecule has 0 bridgehead atoms. The van der Waals surface area contributed by atoms with Crippen LogP contribution >= 0.6 is 0 Å². The monoisotopic (exact) mass is 124 g/mol. The molecule has 51 valence electrons. The minimum absolute atomic E-state index is 0.526. The van der Waals surface area contributed by atoms with Gasteiger partial charge in [-0.2, -0.15) is 0 Å². The van der Waals surface area contributed by atoms with Crippen molar-refractivity contribution in [2.24, 2.45) is 0 Å². The fourth-order valence-corrected chi connectivity index (χ4v) is 1.90. The molecule has 0 aromatic rings. The molecule has 2 rings (SSSR count). The molecule has 2 fully saturated rings. The van der Waals surface area contributed by atoms with Crippen molar-refractivity contribution in [3.8, 4) is 0 Å². The van der Waals surface area contributed by atoms with E-state index in [0.29, 0.717) is 5.54 Å². The molecule has 1 radical (unpaired) electrons. The summed E-state index contributed by atoms with van der Waals surface area (Å²) in [5.41, 5.74) is 0.526.